The highest BCUT2D eigenvalue weighted by molar-refractivity contribution is 7.13. The third-order valence-corrected chi connectivity index (χ3v) is 6.38. The molecule has 2 aromatic heterocycles. The average Bonchev–Trinajstić information content (AvgIpc) is 3.29. The summed E-state index contributed by atoms with van der Waals surface area (Å²) in [5, 5.41) is 5.39. The number of amides is 1. The van der Waals surface area contributed by atoms with Crippen molar-refractivity contribution in [1.82, 2.24) is 24.6 Å². The van der Waals surface area contributed by atoms with E-state index in [2.05, 4.69) is 35.0 Å². The maximum atomic E-state index is 12.8. The van der Waals surface area contributed by atoms with Gasteiger partial charge in [-0.25, -0.2) is 4.98 Å². The second-order valence-electron chi connectivity index (χ2n) is 7.08. The molecule has 0 aromatic carbocycles. The minimum atomic E-state index is 0.0840. The molecule has 0 aliphatic carbocycles. The second kappa shape index (κ2) is 8.31. The number of rotatable bonds is 6. The van der Waals surface area contributed by atoms with Gasteiger partial charge in [0.1, 0.15) is 4.88 Å². The average molecular weight is 376 g/mol. The molecule has 2 atom stereocenters. The Kier molecular flexibility index (Phi) is 6.09. The van der Waals surface area contributed by atoms with Crippen LogP contribution in [0.1, 0.15) is 53.0 Å². The van der Waals surface area contributed by atoms with Crippen molar-refractivity contribution in [3.8, 4) is 0 Å². The summed E-state index contributed by atoms with van der Waals surface area (Å²) in [6.07, 6.45) is 9.00. The zero-order valence-electron chi connectivity index (χ0n) is 16.2. The van der Waals surface area contributed by atoms with E-state index in [1.165, 1.54) is 23.3 Å². The molecule has 0 unspecified atom stereocenters. The number of thiazole rings is 1. The van der Waals surface area contributed by atoms with Gasteiger partial charge >= 0.3 is 0 Å². The Hall–Kier alpha value is -1.73. The van der Waals surface area contributed by atoms with Crippen LogP contribution in [0.4, 0.5) is 0 Å². The predicted molar refractivity (Wildman–Crippen MR) is 104 cm³/mol. The molecule has 1 aliphatic rings. The number of likely N-dealkylation sites (tertiary alicyclic amines) is 1. The van der Waals surface area contributed by atoms with Crippen molar-refractivity contribution in [2.75, 3.05) is 26.7 Å². The molecule has 142 valence electrons. The number of piperidine rings is 1. The molecular weight excluding hydrogens is 346 g/mol. The van der Waals surface area contributed by atoms with E-state index in [4.69, 9.17) is 0 Å². The molecule has 3 heterocycles. The van der Waals surface area contributed by atoms with Crippen LogP contribution < -0.4 is 0 Å². The molecule has 6 nitrogen and oxygen atoms in total. The van der Waals surface area contributed by atoms with Crippen molar-refractivity contribution >= 4 is 17.2 Å². The third-order valence-electron chi connectivity index (χ3n) is 5.25. The van der Waals surface area contributed by atoms with Gasteiger partial charge < -0.3 is 4.90 Å². The van der Waals surface area contributed by atoms with E-state index in [1.807, 2.05) is 29.9 Å². The predicted octanol–water partition coefficient (Wildman–Crippen LogP) is 2.98. The van der Waals surface area contributed by atoms with Gasteiger partial charge in [-0.1, -0.05) is 13.8 Å². The van der Waals surface area contributed by atoms with Gasteiger partial charge in [0.25, 0.3) is 5.91 Å². The molecule has 0 bridgehead atoms. The maximum Gasteiger partial charge on any atom is 0.265 e. The van der Waals surface area contributed by atoms with Crippen LogP contribution in [-0.4, -0.2) is 57.2 Å². The van der Waals surface area contributed by atoms with E-state index in [-0.39, 0.29) is 5.91 Å². The van der Waals surface area contributed by atoms with E-state index in [0.717, 1.165) is 42.4 Å². The fourth-order valence-corrected chi connectivity index (χ4v) is 4.82. The number of nitrogens with zero attached hydrogens (tertiary/aromatic N) is 5. The summed E-state index contributed by atoms with van der Waals surface area (Å²) in [6.45, 7) is 7.16. The summed E-state index contributed by atoms with van der Waals surface area (Å²) in [5.41, 5.74) is 1.26. The molecular formula is C19H29N5OS. The van der Waals surface area contributed by atoms with Crippen LogP contribution in [0.2, 0.25) is 0 Å². The Morgan fingerprint density at radius 1 is 1.38 bits per heavy atom. The van der Waals surface area contributed by atoms with Crippen LogP contribution in [0.15, 0.2) is 18.6 Å². The lowest BCUT2D eigenvalue weighted by Gasteiger charge is -2.41. The quantitative estimate of drug-likeness (QED) is 0.779. The van der Waals surface area contributed by atoms with Crippen molar-refractivity contribution < 1.29 is 4.79 Å². The summed E-state index contributed by atoms with van der Waals surface area (Å²) in [6, 6.07) is 0.324. The van der Waals surface area contributed by atoms with Crippen LogP contribution in [0, 0.1) is 5.92 Å². The molecule has 1 aliphatic heterocycles. The van der Waals surface area contributed by atoms with E-state index in [1.54, 1.807) is 6.20 Å². The van der Waals surface area contributed by atoms with Crippen LogP contribution >= 0.6 is 11.3 Å². The lowest BCUT2D eigenvalue weighted by atomic mass is 9.85. The molecule has 1 saturated heterocycles. The highest BCUT2D eigenvalue weighted by atomic mass is 32.1. The number of aromatic nitrogens is 3. The number of carbonyl (C=O) groups excluding carboxylic acids is 1. The number of hydrogen-bond acceptors (Lipinski definition) is 5. The van der Waals surface area contributed by atoms with E-state index in [9.17, 15) is 4.79 Å². The topological polar surface area (TPSA) is 54.3 Å². The maximum absolute atomic E-state index is 12.8. The van der Waals surface area contributed by atoms with E-state index >= 15 is 0 Å². The van der Waals surface area contributed by atoms with E-state index < -0.39 is 0 Å². The van der Waals surface area contributed by atoms with Gasteiger partial charge in [-0.2, -0.15) is 5.10 Å². The van der Waals surface area contributed by atoms with Crippen molar-refractivity contribution in [2.45, 2.75) is 39.2 Å². The number of aryl methyl sites for hydroxylation is 2. The standard InChI is InChI=1S/C19H29N5OS/c1-5-17-20-11-16(26-17)19(25)22(3)12-14-8-7-9-24(6-2)18(14)15-10-21-23(4)13-15/h10-11,13-14,18H,5-9,12H2,1-4H3/t14-,18+/m0/s1. The van der Waals surface area contributed by atoms with E-state index in [0.29, 0.717) is 12.0 Å². The summed E-state index contributed by atoms with van der Waals surface area (Å²) in [5.74, 6) is 0.501. The fourth-order valence-electron chi connectivity index (χ4n) is 3.97. The molecule has 7 heteroatoms. The number of carbonyl (C=O) groups is 1. The van der Waals surface area contributed by atoms with Crippen LogP contribution in [-0.2, 0) is 13.5 Å². The van der Waals surface area contributed by atoms with Gasteiger partial charge in [0, 0.05) is 38.4 Å². The van der Waals surface area contributed by atoms with Gasteiger partial charge in [-0.15, -0.1) is 11.3 Å². The van der Waals surface area contributed by atoms with Crippen molar-refractivity contribution in [1.29, 1.82) is 0 Å². The lowest BCUT2D eigenvalue weighted by molar-refractivity contribution is 0.0592. The Morgan fingerprint density at radius 2 is 2.19 bits per heavy atom. The molecule has 0 saturated carbocycles. The van der Waals surface area contributed by atoms with Crippen LogP contribution in [0.25, 0.3) is 0 Å². The summed E-state index contributed by atoms with van der Waals surface area (Å²) in [4.78, 5) is 22.3. The SMILES string of the molecule is CCc1ncc(C(=O)N(C)C[C@@H]2CCCN(CC)[C@H]2c2cnn(C)c2)s1. The van der Waals surface area contributed by atoms with Crippen LogP contribution in [0.5, 0.6) is 0 Å². The molecule has 0 N–H and O–H groups in total. The first-order chi connectivity index (χ1) is 12.5. The minimum absolute atomic E-state index is 0.0840. The van der Waals surface area contributed by atoms with Gasteiger partial charge in [0.2, 0.25) is 0 Å². The highest BCUT2D eigenvalue weighted by Gasteiger charge is 2.34. The normalized spacial score (nSPS) is 21.1. The molecule has 3 rings (SSSR count). The first-order valence-electron chi connectivity index (χ1n) is 9.46. The smallest absolute Gasteiger partial charge is 0.265 e. The monoisotopic (exact) mass is 375 g/mol. The Morgan fingerprint density at radius 3 is 2.81 bits per heavy atom. The summed E-state index contributed by atoms with van der Waals surface area (Å²) in [7, 11) is 3.88. The van der Waals surface area contributed by atoms with Crippen molar-refractivity contribution in [3.05, 3.63) is 34.0 Å². The Bertz CT molecular complexity index is 740. The van der Waals surface area contributed by atoms with Gasteiger partial charge in [0.05, 0.1) is 17.4 Å². The largest absolute Gasteiger partial charge is 0.341 e. The number of hydrogen-bond donors (Lipinski definition) is 0. The lowest BCUT2D eigenvalue weighted by Crippen LogP contribution is -2.43. The van der Waals surface area contributed by atoms with Gasteiger partial charge in [-0.3, -0.25) is 14.4 Å². The second-order valence-corrected chi connectivity index (χ2v) is 8.20. The Balaban J connectivity index is 1.75. The van der Waals surface area contributed by atoms with Gasteiger partial charge in [0.15, 0.2) is 0 Å². The first kappa shape index (κ1) is 19.0. The fraction of sp³-hybridized carbons (Fsp3) is 0.632. The molecule has 0 radical (unpaired) electrons. The molecule has 26 heavy (non-hydrogen) atoms. The van der Waals surface area contributed by atoms with Gasteiger partial charge in [-0.05, 0) is 38.3 Å². The third kappa shape index (κ3) is 3.99. The summed E-state index contributed by atoms with van der Waals surface area (Å²) >= 11 is 1.51. The molecule has 0 spiro atoms. The van der Waals surface area contributed by atoms with Crippen LogP contribution in [0.3, 0.4) is 0 Å². The molecule has 1 amide bonds. The highest BCUT2D eigenvalue weighted by Crippen LogP contribution is 2.36. The first-order valence-corrected chi connectivity index (χ1v) is 10.3. The summed E-state index contributed by atoms with van der Waals surface area (Å²) < 4.78 is 1.87. The zero-order valence-corrected chi connectivity index (χ0v) is 17.0. The Labute approximate surface area is 159 Å². The van der Waals surface area contributed by atoms with Crippen molar-refractivity contribution in [3.63, 3.8) is 0 Å². The molecule has 1 fully saturated rings. The minimum Gasteiger partial charge on any atom is -0.341 e. The van der Waals surface area contributed by atoms with Crippen molar-refractivity contribution in [2.24, 2.45) is 13.0 Å². The zero-order chi connectivity index (χ0) is 18.7. The molecule has 2 aromatic rings.